The lowest BCUT2D eigenvalue weighted by molar-refractivity contribution is 0.551. The molecule has 2 rings (SSSR count). The number of hydrogen-bond donors (Lipinski definition) is 1. The number of benzene rings is 2. The second-order valence-electron chi connectivity index (χ2n) is 4.38. The molecule has 1 nitrogen and oxygen atoms in total. The first-order valence-corrected chi connectivity index (χ1v) is 8.51. The van der Waals surface area contributed by atoms with Crippen molar-refractivity contribution in [1.29, 1.82) is 0 Å². The molecule has 106 valence electrons. The molecule has 2 aromatic rings. The first-order valence-electron chi connectivity index (χ1n) is 6.49. The van der Waals surface area contributed by atoms with E-state index >= 15 is 0 Å². The zero-order chi connectivity index (χ0) is 14.5. The smallest absolute Gasteiger partial charge is 0.142 e. The van der Waals surface area contributed by atoms with Crippen LogP contribution in [0.1, 0.15) is 24.1 Å². The van der Waals surface area contributed by atoms with E-state index in [1.165, 1.54) is 0 Å². The van der Waals surface area contributed by atoms with Crippen molar-refractivity contribution in [2.24, 2.45) is 0 Å². The number of rotatable bonds is 5. The molecule has 0 aliphatic carbocycles. The van der Waals surface area contributed by atoms with Gasteiger partial charge in [0.1, 0.15) is 5.82 Å². The molecule has 0 saturated heterocycles. The molecule has 2 aromatic carbocycles. The summed E-state index contributed by atoms with van der Waals surface area (Å²) < 4.78 is 14.9. The van der Waals surface area contributed by atoms with E-state index in [2.05, 4.69) is 33.4 Å². The van der Waals surface area contributed by atoms with Gasteiger partial charge in [-0.05, 0) is 46.4 Å². The monoisotopic (exact) mass is 353 g/mol. The van der Waals surface area contributed by atoms with E-state index in [0.29, 0.717) is 10.0 Å². The maximum Gasteiger partial charge on any atom is 0.142 e. The standard InChI is InChI=1S/C16H17BrFNS/c1-3-19-16(11-7-4-5-10-14(11)20-2)12-8-6-9-13(17)15(12)18/h4-10,16,19H,3H2,1-2H3. The molecule has 0 fully saturated rings. The molecule has 1 N–H and O–H groups in total. The van der Waals surface area contributed by atoms with Crippen LogP contribution in [0.15, 0.2) is 51.8 Å². The van der Waals surface area contributed by atoms with Gasteiger partial charge in [0.2, 0.25) is 0 Å². The summed E-state index contributed by atoms with van der Waals surface area (Å²) in [6, 6.07) is 13.4. The van der Waals surface area contributed by atoms with E-state index in [-0.39, 0.29) is 11.9 Å². The predicted molar refractivity (Wildman–Crippen MR) is 87.8 cm³/mol. The third-order valence-electron chi connectivity index (χ3n) is 3.15. The Labute approximate surface area is 132 Å². The third kappa shape index (κ3) is 3.25. The van der Waals surface area contributed by atoms with Crippen LogP contribution in [0.2, 0.25) is 0 Å². The van der Waals surface area contributed by atoms with Gasteiger partial charge in [-0.25, -0.2) is 4.39 Å². The topological polar surface area (TPSA) is 12.0 Å². The first kappa shape index (κ1) is 15.5. The second-order valence-corrected chi connectivity index (χ2v) is 6.08. The molecule has 0 saturated carbocycles. The van der Waals surface area contributed by atoms with E-state index in [9.17, 15) is 4.39 Å². The maximum atomic E-state index is 14.4. The zero-order valence-corrected chi connectivity index (χ0v) is 13.9. The normalized spacial score (nSPS) is 12.4. The molecule has 0 spiro atoms. The fraction of sp³-hybridized carbons (Fsp3) is 0.250. The Kier molecular flexibility index (Phi) is 5.64. The van der Waals surface area contributed by atoms with Crippen molar-refractivity contribution in [2.75, 3.05) is 12.8 Å². The molecule has 0 heterocycles. The summed E-state index contributed by atoms with van der Waals surface area (Å²) in [6.07, 6.45) is 2.04. The summed E-state index contributed by atoms with van der Waals surface area (Å²) in [6.45, 7) is 2.81. The van der Waals surface area contributed by atoms with Gasteiger partial charge < -0.3 is 5.32 Å². The summed E-state index contributed by atoms with van der Waals surface area (Å²) >= 11 is 4.95. The highest BCUT2D eigenvalue weighted by Gasteiger charge is 2.20. The van der Waals surface area contributed by atoms with E-state index in [4.69, 9.17) is 0 Å². The minimum atomic E-state index is -0.200. The van der Waals surface area contributed by atoms with Crippen LogP contribution in [-0.4, -0.2) is 12.8 Å². The van der Waals surface area contributed by atoms with Gasteiger partial charge in [0, 0.05) is 10.5 Å². The molecule has 0 radical (unpaired) electrons. The highest BCUT2D eigenvalue weighted by atomic mass is 79.9. The molecule has 0 aromatic heterocycles. The van der Waals surface area contributed by atoms with Crippen LogP contribution < -0.4 is 5.32 Å². The molecule has 0 amide bonds. The van der Waals surface area contributed by atoms with Crippen molar-refractivity contribution in [1.82, 2.24) is 5.32 Å². The van der Waals surface area contributed by atoms with Crippen molar-refractivity contribution in [3.8, 4) is 0 Å². The lowest BCUT2D eigenvalue weighted by Crippen LogP contribution is -2.23. The highest BCUT2D eigenvalue weighted by Crippen LogP contribution is 2.33. The predicted octanol–water partition coefficient (Wildman–Crippen LogP) is 5.01. The fourth-order valence-electron chi connectivity index (χ4n) is 2.24. The SMILES string of the molecule is CCNC(c1ccccc1SC)c1cccc(Br)c1F. The Morgan fingerprint density at radius 3 is 2.55 bits per heavy atom. The molecule has 4 heteroatoms. The van der Waals surface area contributed by atoms with Gasteiger partial charge in [0.25, 0.3) is 0 Å². The summed E-state index contributed by atoms with van der Waals surface area (Å²) in [7, 11) is 0. The van der Waals surface area contributed by atoms with E-state index in [1.807, 2.05) is 37.4 Å². The quantitative estimate of drug-likeness (QED) is 0.758. The minimum absolute atomic E-state index is 0.138. The first-order chi connectivity index (χ1) is 9.69. The van der Waals surface area contributed by atoms with E-state index in [1.54, 1.807) is 17.8 Å². The Bertz CT molecular complexity index is 588. The van der Waals surface area contributed by atoms with Crippen LogP contribution in [0, 0.1) is 5.82 Å². The van der Waals surface area contributed by atoms with Crippen molar-refractivity contribution in [3.05, 3.63) is 63.9 Å². The fourth-order valence-corrected chi connectivity index (χ4v) is 3.26. The number of nitrogens with one attached hydrogen (secondary N) is 1. The van der Waals surface area contributed by atoms with Crippen LogP contribution in [0.4, 0.5) is 4.39 Å². The van der Waals surface area contributed by atoms with Gasteiger partial charge in [0.15, 0.2) is 0 Å². The van der Waals surface area contributed by atoms with Crippen LogP contribution in [0.5, 0.6) is 0 Å². The molecular weight excluding hydrogens is 337 g/mol. The van der Waals surface area contributed by atoms with Gasteiger partial charge in [-0.2, -0.15) is 0 Å². The molecule has 20 heavy (non-hydrogen) atoms. The van der Waals surface area contributed by atoms with E-state index < -0.39 is 0 Å². The largest absolute Gasteiger partial charge is 0.306 e. The Morgan fingerprint density at radius 2 is 1.85 bits per heavy atom. The van der Waals surface area contributed by atoms with E-state index in [0.717, 1.165) is 17.0 Å². The summed E-state index contributed by atoms with van der Waals surface area (Å²) in [5, 5.41) is 3.38. The average Bonchev–Trinajstić information content (AvgIpc) is 2.48. The molecular formula is C16H17BrFNS. The number of halogens is 2. The third-order valence-corrected chi connectivity index (χ3v) is 4.57. The molecule has 0 aliphatic rings. The van der Waals surface area contributed by atoms with Crippen LogP contribution in [0.25, 0.3) is 0 Å². The van der Waals surface area contributed by atoms with Gasteiger partial charge in [0.05, 0.1) is 10.5 Å². The second kappa shape index (κ2) is 7.25. The van der Waals surface area contributed by atoms with Crippen LogP contribution >= 0.6 is 27.7 Å². The Balaban J connectivity index is 2.53. The summed E-state index contributed by atoms with van der Waals surface area (Å²) in [5.74, 6) is -0.200. The lowest BCUT2D eigenvalue weighted by Gasteiger charge is -2.22. The Morgan fingerprint density at radius 1 is 1.15 bits per heavy atom. The molecule has 1 atom stereocenters. The van der Waals surface area contributed by atoms with Crippen molar-refractivity contribution < 1.29 is 4.39 Å². The molecule has 0 aliphatic heterocycles. The summed E-state index contributed by atoms with van der Waals surface area (Å²) in [4.78, 5) is 1.16. The van der Waals surface area contributed by atoms with Crippen LogP contribution in [-0.2, 0) is 0 Å². The number of thioether (sulfide) groups is 1. The minimum Gasteiger partial charge on any atom is -0.306 e. The van der Waals surface area contributed by atoms with Crippen LogP contribution in [0.3, 0.4) is 0 Å². The van der Waals surface area contributed by atoms with Crippen molar-refractivity contribution >= 4 is 27.7 Å². The van der Waals surface area contributed by atoms with Gasteiger partial charge in [-0.15, -0.1) is 11.8 Å². The van der Waals surface area contributed by atoms with Gasteiger partial charge in [-0.3, -0.25) is 0 Å². The van der Waals surface area contributed by atoms with Crippen molar-refractivity contribution in [3.63, 3.8) is 0 Å². The highest BCUT2D eigenvalue weighted by molar-refractivity contribution is 9.10. The molecule has 0 bridgehead atoms. The van der Waals surface area contributed by atoms with Gasteiger partial charge >= 0.3 is 0 Å². The van der Waals surface area contributed by atoms with Crippen molar-refractivity contribution in [2.45, 2.75) is 17.9 Å². The van der Waals surface area contributed by atoms with Gasteiger partial charge in [-0.1, -0.05) is 37.3 Å². The lowest BCUT2D eigenvalue weighted by atomic mass is 9.98. The maximum absolute atomic E-state index is 14.4. The zero-order valence-electron chi connectivity index (χ0n) is 11.5. The number of hydrogen-bond acceptors (Lipinski definition) is 2. The Hall–Kier alpha value is -0.840. The average molecular weight is 354 g/mol. The molecule has 1 unspecified atom stereocenters. The summed E-state index contributed by atoms with van der Waals surface area (Å²) in [5.41, 5.74) is 1.78.